The standard InChI is InChI=1S/C45H49FN6O13.C41H48FN7O15/c46-37-17-14-32(25-48-37)36(53)23-31(15-18-38(54)55)40(58)49-24-26-8-12-29(13-9-26)41(59)50-35(22-27-10-11-28-5-1-2-6-30(28)21-27)42(60)47-20-4-3-7-33(43(61)62)51-45(65)52-34(44(63)64)16-19-39(56)57;42-31-14-10-25(21-44-31)35(55)46-26(12-16-33(51)52)37(57)47-28(39(60)61)11-15-32(50)45-30(20-22-8-9-23-5-1-2-6-24(23)19-22)36(56)43-18-4-3-7-27(38(58)59)48-41(64)49-29(40(62)63)13-17-34(53)54/h1-2,5-6,8-14,17,21,25,31,33-35H,3-4,7,15-16,18-20,22-24H2,(H,47,60)(H,49,58)(H,50,59)(H,54,55)(H,56,57)(H,61,62)(H,63,64)(H2,51,52,65);1-2,5-6,8-10,14,19,21,26-30H,3-4,7,11-13,15-18,20H2,(H,43,56)(H,45,50)(H,46,55)(H,47,57)(H,51,52)(H,53,54)(H,58,59)(H,60,61)(H,62,63)(H2,48,49,64)/t31-,33-,34-,35-;26-,27+,28-,29+,30+/m01/s1/i46-1;42-1. The zero-order valence-corrected chi connectivity index (χ0v) is 69.0. The van der Waals surface area contributed by atoms with Crippen LogP contribution in [0.5, 0.6) is 0 Å². The number of benzene rings is 5. The van der Waals surface area contributed by atoms with Crippen molar-refractivity contribution in [3.05, 3.63) is 191 Å². The maximum absolute atomic E-state index is 13.6. The molecule has 688 valence electrons. The first-order chi connectivity index (χ1) is 61.3. The van der Waals surface area contributed by atoms with Crippen LogP contribution in [0.15, 0.2) is 146 Å². The van der Waals surface area contributed by atoms with E-state index in [0.717, 1.165) is 57.7 Å². The van der Waals surface area contributed by atoms with Gasteiger partial charge >= 0.3 is 65.8 Å². The van der Waals surface area contributed by atoms with Crippen molar-refractivity contribution < 1.29 is 146 Å². The number of hydrogen-bond acceptors (Lipinski definition) is 21. The normalized spacial score (nSPS) is 12.9. The van der Waals surface area contributed by atoms with Gasteiger partial charge in [0.2, 0.25) is 41.4 Å². The number of carboxylic acid groups (broad SMARTS) is 9. The Morgan fingerprint density at radius 3 is 1.10 bits per heavy atom. The summed E-state index contributed by atoms with van der Waals surface area (Å²) in [6.45, 7) is 0.00881. The van der Waals surface area contributed by atoms with Gasteiger partial charge in [0, 0.05) is 100 Å². The van der Waals surface area contributed by atoms with Gasteiger partial charge in [0.1, 0.15) is 48.3 Å². The van der Waals surface area contributed by atoms with E-state index in [1.165, 1.54) is 18.2 Å². The van der Waals surface area contributed by atoms with Crippen LogP contribution in [0.25, 0.3) is 21.5 Å². The fraction of sp³-hybridized carbons (Fsp3) is 0.360. The molecule has 0 radical (unpaired) electrons. The molecular formula is C86H97F2N13O28. The number of rotatable bonds is 53. The van der Waals surface area contributed by atoms with Crippen LogP contribution in [0, 0.1) is 17.8 Å². The van der Waals surface area contributed by atoms with Crippen molar-refractivity contribution in [2.75, 3.05) is 13.1 Å². The van der Waals surface area contributed by atoms with Crippen LogP contribution in [0.1, 0.15) is 157 Å². The molecule has 11 amide bonds. The van der Waals surface area contributed by atoms with Crippen LogP contribution < -0.4 is 58.5 Å². The van der Waals surface area contributed by atoms with Crippen molar-refractivity contribution in [1.29, 1.82) is 0 Å². The zero-order valence-electron chi connectivity index (χ0n) is 69.0. The summed E-state index contributed by atoms with van der Waals surface area (Å²) in [4.78, 5) is 240. The minimum atomic E-state index is -1.71. The Bertz CT molecular complexity index is 5180. The topological polar surface area (TPSA) is 665 Å². The first-order valence-corrected chi connectivity index (χ1v) is 40.3. The number of hydrogen-bond donors (Lipinski definition) is 20. The third-order valence-electron chi connectivity index (χ3n) is 19.7. The van der Waals surface area contributed by atoms with Gasteiger partial charge in [0.15, 0.2) is 5.78 Å². The summed E-state index contributed by atoms with van der Waals surface area (Å²) in [5.74, 6) is -20.8. The largest absolute Gasteiger partial charge is 0.481 e. The Morgan fingerprint density at radius 1 is 0.310 bits per heavy atom. The van der Waals surface area contributed by atoms with Crippen LogP contribution in [0.4, 0.5) is 18.4 Å². The molecule has 2 aromatic heterocycles. The van der Waals surface area contributed by atoms with Crippen LogP contribution in [0.2, 0.25) is 0 Å². The smallest absolute Gasteiger partial charge is 0.326 e. The Hall–Kier alpha value is -15.5. The van der Waals surface area contributed by atoms with Gasteiger partial charge in [-0.3, -0.25) is 57.5 Å². The number of Topliss-reactive ketones (excluding diaryl/α,β-unsaturated/α-hetero) is 1. The summed E-state index contributed by atoms with van der Waals surface area (Å²) in [6, 6.07) is 22.4. The highest BCUT2D eigenvalue weighted by Crippen LogP contribution is 2.22. The third-order valence-corrected chi connectivity index (χ3v) is 19.7. The minimum absolute atomic E-state index is 0.0257. The molecule has 0 bridgehead atoms. The van der Waals surface area contributed by atoms with E-state index in [2.05, 4.69) is 63.1 Å². The van der Waals surface area contributed by atoms with Gasteiger partial charge in [-0.2, -0.15) is 8.78 Å². The average molecular weight is 1800 g/mol. The van der Waals surface area contributed by atoms with Gasteiger partial charge < -0.3 is 104 Å². The monoisotopic (exact) mass is 1800 g/mol. The van der Waals surface area contributed by atoms with E-state index in [9.17, 15) is 131 Å². The van der Waals surface area contributed by atoms with E-state index < -0.39 is 230 Å². The number of unbranched alkanes of at least 4 members (excludes halogenated alkanes) is 2. The van der Waals surface area contributed by atoms with E-state index in [-0.39, 0.29) is 107 Å². The first kappa shape index (κ1) is 102. The molecule has 41 nitrogen and oxygen atoms in total. The van der Waals surface area contributed by atoms with Crippen molar-refractivity contribution in [3.63, 3.8) is 0 Å². The number of carbonyl (C=O) groups excluding carboxylic acids is 10. The van der Waals surface area contributed by atoms with Crippen molar-refractivity contribution >= 4 is 134 Å². The Balaban J connectivity index is 0.000000398. The highest BCUT2D eigenvalue weighted by molar-refractivity contribution is 6.01. The number of aromatic nitrogens is 2. The molecule has 0 saturated heterocycles. The zero-order chi connectivity index (χ0) is 94.8. The highest BCUT2D eigenvalue weighted by atomic mass is 18.2. The molecule has 0 aliphatic rings. The van der Waals surface area contributed by atoms with Crippen molar-refractivity contribution in [1.82, 2.24) is 68.5 Å². The van der Waals surface area contributed by atoms with Crippen LogP contribution >= 0.6 is 0 Å². The Kier molecular flexibility index (Phi) is 41.5. The lowest BCUT2D eigenvalue weighted by Gasteiger charge is -2.22. The number of ketones is 1. The Labute approximate surface area is 732 Å². The number of amides is 11. The number of halogens is 2. The third kappa shape index (κ3) is 37.1. The fourth-order valence-electron chi connectivity index (χ4n) is 12.7. The predicted octanol–water partition coefficient (Wildman–Crippen LogP) is 4.21. The van der Waals surface area contributed by atoms with Gasteiger partial charge in [0.25, 0.3) is 11.8 Å². The average Bonchev–Trinajstić information content (AvgIpc) is 0.832. The van der Waals surface area contributed by atoms with E-state index in [1.54, 1.807) is 18.2 Å². The molecule has 9 atom stereocenters. The van der Waals surface area contributed by atoms with Crippen molar-refractivity contribution in [3.8, 4) is 0 Å². The SMILES string of the molecule is O=C(O)CC[C@@H](CC(=O)c1ccc([18F])nc1)C(=O)NCc1ccc(C(=O)N[C@@H](Cc2ccc3ccccc3c2)C(=O)NCCCC[C@H](NC(=O)N[C@@H](CCC(=O)O)C(=O)O)C(=O)O)cc1.O=C(O)CC[C@H](NC(=O)N[C@@H](CCCCNC(=O)[C@H](Cc1ccc2ccccc2c1)NC(=O)CC[C@@H](NC(=O)[C@@H](CCC(=O)O)NC(=O)c1ccc([18F])nc1)C(=O)O)C(=O)O)C(=O)O. The van der Waals surface area contributed by atoms with E-state index >= 15 is 0 Å². The molecule has 0 aliphatic heterocycles. The second-order valence-electron chi connectivity index (χ2n) is 29.5. The molecule has 0 fully saturated rings. The van der Waals surface area contributed by atoms with Crippen LogP contribution in [0.3, 0.4) is 0 Å². The van der Waals surface area contributed by atoms with E-state index in [4.69, 9.17) is 15.3 Å². The quantitative estimate of drug-likeness (QED) is 0.0144. The van der Waals surface area contributed by atoms with Crippen molar-refractivity contribution in [2.45, 2.75) is 177 Å². The summed E-state index contributed by atoms with van der Waals surface area (Å²) in [6.07, 6.45) is -2.39. The maximum atomic E-state index is 13.6. The first-order valence-electron chi connectivity index (χ1n) is 40.3. The van der Waals surface area contributed by atoms with Gasteiger partial charge in [-0.25, -0.2) is 43.5 Å². The highest BCUT2D eigenvalue weighted by Gasteiger charge is 2.33. The lowest BCUT2D eigenvalue weighted by molar-refractivity contribution is -0.143. The number of nitrogens with zero attached hydrogens (tertiary/aromatic N) is 2. The van der Waals surface area contributed by atoms with Gasteiger partial charge in [-0.15, -0.1) is 0 Å². The molecule has 129 heavy (non-hydrogen) atoms. The molecule has 0 unspecified atom stereocenters. The summed E-state index contributed by atoms with van der Waals surface area (Å²) in [5, 5.41) is 114. The number of nitrogens with one attached hydrogen (secondary N) is 11. The van der Waals surface area contributed by atoms with Gasteiger partial charge in [0.05, 0.1) is 5.56 Å². The van der Waals surface area contributed by atoms with Crippen LogP contribution in [-0.4, -0.2) is 230 Å². The molecule has 43 heteroatoms. The molecule has 2 heterocycles. The Morgan fingerprint density at radius 2 is 0.674 bits per heavy atom. The molecule has 0 aliphatic carbocycles. The molecule has 0 spiro atoms. The molecule has 5 aromatic carbocycles. The predicted molar refractivity (Wildman–Crippen MR) is 448 cm³/mol. The number of pyridine rings is 2. The number of carboxylic acids is 9. The lowest BCUT2D eigenvalue weighted by Crippen LogP contribution is -2.52. The lowest BCUT2D eigenvalue weighted by atomic mass is 9.93. The van der Waals surface area contributed by atoms with Gasteiger partial charge in [-0.1, -0.05) is 97.1 Å². The van der Waals surface area contributed by atoms with Gasteiger partial charge in [-0.05, 0) is 145 Å². The van der Waals surface area contributed by atoms with Crippen LogP contribution in [-0.2, 0) is 86.5 Å². The number of urea groups is 2. The molecule has 20 N–H and O–H groups in total. The fourth-order valence-corrected chi connectivity index (χ4v) is 12.7. The number of aliphatic carboxylic acids is 9. The molecule has 7 rings (SSSR count). The summed E-state index contributed by atoms with van der Waals surface area (Å²) in [7, 11) is 0. The van der Waals surface area contributed by atoms with Crippen molar-refractivity contribution in [2.24, 2.45) is 5.92 Å². The molecule has 7 aromatic rings. The molecular weight excluding hydrogens is 1700 g/mol. The second kappa shape index (κ2) is 52.3. The van der Waals surface area contributed by atoms with E-state index in [0.29, 0.717) is 11.1 Å². The maximum Gasteiger partial charge on any atom is 0.326 e. The molecule has 0 saturated carbocycles. The minimum Gasteiger partial charge on any atom is -0.481 e. The second-order valence-corrected chi connectivity index (χ2v) is 29.5. The van der Waals surface area contributed by atoms with E-state index in [1.807, 2.05) is 84.2 Å². The number of carbonyl (C=O) groups is 19. The number of fused-ring (bicyclic) bond motifs is 2. The summed E-state index contributed by atoms with van der Waals surface area (Å²) >= 11 is 0. The summed E-state index contributed by atoms with van der Waals surface area (Å²) < 4.78 is 26.5. The summed E-state index contributed by atoms with van der Waals surface area (Å²) in [5.41, 5.74) is 2.03.